The monoisotopic (exact) mass is 250 g/mol. The Balaban J connectivity index is 2.45. The Morgan fingerprint density at radius 1 is 1.44 bits per heavy atom. The van der Waals surface area contributed by atoms with Crippen LogP contribution in [0.3, 0.4) is 0 Å². The Morgan fingerprint density at radius 3 is 2.78 bits per heavy atom. The Hall–Kier alpha value is -1.95. The second kappa shape index (κ2) is 4.73. The normalized spacial score (nSPS) is 16.3. The highest BCUT2D eigenvalue weighted by molar-refractivity contribution is 5.96. The first kappa shape index (κ1) is 12.5. The minimum atomic E-state index is -0.430. The van der Waals surface area contributed by atoms with Crippen molar-refractivity contribution in [2.24, 2.45) is 0 Å². The Morgan fingerprint density at radius 2 is 2.17 bits per heavy atom. The number of methoxy groups -OCH3 is 1. The molecule has 1 amide bonds. The minimum Gasteiger partial charge on any atom is -0.361 e. The summed E-state index contributed by atoms with van der Waals surface area (Å²) in [6.07, 6.45) is 0.503. The van der Waals surface area contributed by atoms with E-state index >= 15 is 0 Å². The fourth-order valence-electron chi connectivity index (χ4n) is 2.12. The average molecular weight is 250 g/mol. The van der Waals surface area contributed by atoms with Gasteiger partial charge >= 0.3 is 0 Å². The highest BCUT2D eigenvalue weighted by Gasteiger charge is 2.29. The van der Waals surface area contributed by atoms with Crippen molar-refractivity contribution in [3.05, 3.63) is 33.9 Å². The van der Waals surface area contributed by atoms with Gasteiger partial charge in [-0.2, -0.15) is 0 Å². The maximum absolute atomic E-state index is 11.9. The standard InChI is InChI=1S/C12H14N2O4/c1-8(18-2)13-11-5-4-10(14(16)17)7-9(11)3-6-12(13)15/h4-5,7-8H,3,6H2,1-2H3. The van der Waals surface area contributed by atoms with Crippen molar-refractivity contribution >= 4 is 17.3 Å². The molecule has 0 bridgehead atoms. The van der Waals surface area contributed by atoms with Gasteiger partial charge in [0, 0.05) is 31.4 Å². The largest absolute Gasteiger partial charge is 0.361 e. The number of benzene rings is 1. The first-order valence-corrected chi connectivity index (χ1v) is 5.66. The number of hydrogen-bond donors (Lipinski definition) is 0. The Bertz CT molecular complexity index is 501. The summed E-state index contributed by atoms with van der Waals surface area (Å²) in [6.45, 7) is 1.77. The number of rotatable bonds is 3. The van der Waals surface area contributed by atoms with Crippen LogP contribution in [0.25, 0.3) is 0 Å². The summed E-state index contributed by atoms with van der Waals surface area (Å²) in [5.74, 6) is -0.0225. The van der Waals surface area contributed by atoms with Crippen molar-refractivity contribution in [2.75, 3.05) is 12.0 Å². The molecule has 1 heterocycles. The van der Waals surface area contributed by atoms with Crippen LogP contribution >= 0.6 is 0 Å². The van der Waals surface area contributed by atoms with Gasteiger partial charge in [-0.3, -0.25) is 19.8 Å². The van der Waals surface area contributed by atoms with Crippen LogP contribution in [0.1, 0.15) is 18.9 Å². The fraction of sp³-hybridized carbons (Fsp3) is 0.417. The average Bonchev–Trinajstić information content (AvgIpc) is 2.37. The summed E-state index contributed by atoms with van der Waals surface area (Å²) in [6, 6.07) is 4.55. The van der Waals surface area contributed by atoms with Crippen molar-refractivity contribution in [2.45, 2.75) is 26.0 Å². The van der Waals surface area contributed by atoms with Gasteiger partial charge in [0.2, 0.25) is 5.91 Å². The highest BCUT2D eigenvalue weighted by Crippen LogP contribution is 2.32. The van der Waals surface area contributed by atoms with E-state index in [0.717, 1.165) is 5.56 Å². The summed E-state index contributed by atoms with van der Waals surface area (Å²) in [5.41, 5.74) is 1.56. The van der Waals surface area contributed by atoms with Gasteiger partial charge in [-0.1, -0.05) is 0 Å². The summed E-state index contributed by atoms with van der Waals surface area (Å²) < 4.78 is 5.17. The van der Waals surface area contributed by atoms with Gasteiger partial charge in [0.15, 0.2) is 0 Å². The number of anilines is 1. The number of aryl methyl sites for hydroxylation is 1. The van der Waals surface area contributed by atoms with E-state index in [0.29, 0.717) is 18.5 Å². The van der Waals surface area contributed by atoms with Crippen LogP contribution in [-0.4, -0.2) is 24.2 Å². The molecule has 0 spiro atoms. The summed E-state index contributed by atoms with van der Waals surface area (Å²) in [7, 11) is 1.53. The van der Waals surface area contributed by atoms with E-state index in [-0.39, 0.29) is 17.8 Å². The lowest BCUT2D eigenvalue weighted by Crippen LogP contribution is -2.42. The summed E-state index contributed by atoms with van der Waals surface area (Å²) in [4.78, 5) is 23.7. The Labute approximate surface area is 104 Å². The first-order valence-electron chi connectivity index (χ1n) is 5.66. The molecule has 1 unspecified atom stereocenters. The van der Waals surface area contributed by atoms with E-state index < -0.39 is 4.92 Å². The molecule has 1 aliphatic heterocycles. The number of ether oxygens (including phenoxy) is 1. The van der Waals surface area contributed by atoms with Crippen molar-refractivity contribution < 1.29 is 14.5 Å². The number of carbonyl (C=O) groups is 1. The maximum atomic E-state index is 11.9. The third-order valence-electron chi connectivity index (χ3n) is 3.12. The van der Waals surface area contributed by atoms with Crippen LogP contribution < -0.4 is 4.90 Å². The van der Waals surface area contributed by atoms with Gasteiger partial charge < -0.3 is 4.74 Å². The molecule has 1 aromatic rings. The number of fused-ring (bicyclic) bond motifs is 1. The molecule has 0 N–H and O–H groups in total. The van der Waals surface area contributed by atoms with Crippen LogP contribution in [0.15, 0.2) is 18.2 Å². The molecule has 1 aromatic carbocycles. The molecule has 0 fully saturated rings. The van der Waals surface area contributed by atoms with Gasteiger partial charge in [0.25, 0.3) is 5.69 Å². The van der Waals surface area contributed by atoms with E-state index in [2.05, 4.69) is 0 Å². The number of nitrogens with zero attached hydrogens (tertiary/aromatic N) is 2. The summed E-state index contributed by atoms with van der Waals surface area (Å²) >= 11 is 0. The van der Waals surface area contributed by atoms with Gasteiger partial charge in [0.1, 0.15) is 6.23 Å². The Kier molecular flexibility index (Phi) is 3.29. The number of nitro groups is 1. The lowest BCUT2D eigenvalue weighted by atomic mass is 10.0. The second-order valence-corrected chi connectivity index (χ2v) is 4.17. The van der Waals surface area contributed by atoms with Gasteiger partial charge in [-0.25, -0.2) is 0 Å². The van der Waals surface area contributed by atoms with Gasteiger partial charge in [0.05, 0.1) is 4.92 Å². The number of hydrogen-bond acceptors (Lipinski definition) is 4. The molecular formula is C12H14N2O4. The molecule has 1 atom stereocenters. The number of amides is 1. The predicted molar refractivity (Wildman–Crippen MR) is 65.4 cm³/mol. The van der Waals surface area contributed by atoms with E-state index in [9.17, 15) is 14.9 Å². The van der Waals surface area contributed by atoms with Crippen LogP contribution in [0.4, 0.5) is 11.4 Å². The quantitative estimate of drug-likeness (QED) is 0.606. The molecular weight excluding hydrogens is 236 g/mol. The van der Waals surface area contributed by atoms with Gasteiger partial charge in [-0.05, 0) is 25.0 Å². The third-order valence-corrected chi connectivity index (χ3v) is 3.12. The van der Waals surface area contributed by atoms with Crippen LogP contribution in [0.5, 0.6) is 0 Å². The first-order chi connectivity index (χ1) is 8.54. The molecule has 0 saturated heterocycles. The van der Waals surface area contributed by atoms with Crippen molar-refractivity contribution in [3.8, 4) is 0 Å². The molecule has 6 nitrogen and oxygen atoms in total. The highest BCUT2D eigenvalue weighted by atomic mass is 16.6. The molecule has 0 aromatic heterocycles. The zero-order valence-corrected chi connectivity index (χ0v) is 10.3. The van der Waals surface area contributed by atoms with Crippen LogP contribution in [0, 0.1) is 10.1 Å². The molecule has 1 aliphatic rings. The number of non-ortho nitro benzene ring substituents is 1. The topological polar surface area (TPSA) is 72.7 Å². The molecule has 18 heavy (non-hydrogen) atoms. The molecule has 0 radical (unpaired) electrons. The van der Waals surface area contributed by atoms with Crippen molar-refractivity contribution in [3.63, 3.8) is 0 Å². The van der Waals surface area contributed by atoms with Crippen molar-refractivity contribution in [1.29, 1.82) is 0 Å². The molecule has 0 aliphatic carbocycles. The number of carbonyl (C=O) groups excluding carboxylic acids is 1. The van der Waals surface area contributed by atoms with E-state index in [1.54, 1.807) is 17.9 Å². The molecule has 96 valence electrons. The van der Waals surface area contributed by atoms with E-state index in [1.807, 2.05) is 0 Å². The second-order valence-electron chi connectivity index (χ2n) is 4.17. The smallest absolute Gasteiger partial charge is 0.269 e. The summed E-state index contributed by atoms with van der Waals surface area (Å²) in [5, 5.41) is 10.7. The maximum Gasteiger partial charge on any atom is 0.269 e. The lowest BCUT2D eigenvalue weighted by Gasteiger charge is -2.33. The zero-order chi connectivity index (χ0) is 13.3. The van der Waals surface area contributed by atoms with E-state index in [4.69, 9.17) is 4.74 Å². The molecule has 2 rings (SSSR count). The minimum absolute atomic E-state index is 0.0225. The predicted octanol–water partition coefficient (Wildman–Crippen LogP) is 1.87. The van der Waals surface area contributed by atoms with E-state index in [1.165, 1.54) is 19.2 Å². The SMILES string of the molecule is COC(C)N1C(=O)CCc2cc([N+](=O)[O-])ccc21. The van der Waals surface area contributed by atoms with Crippen LogP contribution in [0.2, 0.25) is 0 Å². The number of nitro benzene ring substituents is 1. The van der Waals surface area contributed by atoms with Crippen molar-refractivity contribution in [1.82, 2.24) is 0 Å². The fourth-order valence-corrected chi connectivity index (χ4v) is 2.12. The lowest BCUT2D eigenvalue weighted by molar-refractivity contribution is -0.384. The third kappa shape index (κ3) is 2.06. The molecule has 6 heteroatoms. The zero-order valence-electron chi connectivity index (χ0n) is 10.3. The van der Waals surface area contributed by atoms with Gasteiger partial charge in [-0.15, -0.1) is 0 Å². The van der Waals surface area contributed by atoms with Crippen LogP contribution in [-0.2, 0) is 16.0 Å². The molecule has 0 saturated carbocycles.